The van der Waals surface area contributed by atoms with Crippen molar-refractivity contribution in [1.82, 2.24) is 4.98 Å². The van der Waals surface area contributed by atoms with E-state index in [4.69, 9.17) is 16.7 Å². The zero-order chi connectivity index (χ0) is 9.68. The van der Waals surface area contributed by atoms with Gasteiger partial charge in [-0.25, -0.2) is 0 Å². The Balaban J connectivity index is 2.68. The first kappa shape index (κ1) is 9.74. The van der Waals surface area contributed by atoms with E-state index in [0.29, 0.717) is 5.02 Å². The number of carbonyl (C=O) groups is 1. The number of aliphatic carboxylic acids is 1. The normalized spacial score (nSPS) is 10.5. The van der Waals surface area contributed by atoms with Crippen LogP contribution in [-0.4, -0.2) is 16.1 Å². The molecular formula is C9H8ClNO2. The molecule has 0 bridgehead atoms. The highest BCUT2D eigenvalue weighted by atomic mass is 35.5. The number of hydrogen-bond acceptors (Lipinski definition) is 2. The Kier molecular flexibility index (Phi) is 3.46. The van der Waals surface area contributed by atoms with Crippen LogP contribution in [0.3, 0.4) is 0 Å². The number of carboxylic acids is 1. The van der Waals surface area contributed by atoms with Gasteiger partial charge in [0, 0.05) is 12.4 Å². The molecule has 68 valence electrons. The van der Waals surface area contributed by atoms with Crippen LogP contribution in [0.1, 0.15) is 12.0 Å². The Hall–Kier alpha value is -1.35. The molecule has 13 heavy (non-hydrogen) atoms. The van der Waals surface area contributed by atoms with Crippen LogP contribution >= 0.6 is 11.6 Å². The molecule has 0 saturated heterocycles. The van der Waals surface area contributed by atoms with Crippen molar-refractivity contribution in [2.75, 3.05) is 0 Å². The van der Waals surface area contributed by atoms with Crippen LogP contribution in [-0.2, 0) is 4.79 Å². The lowest BCUT2D eigenvalue weighted by atomic mass is 10.2. The third-order valence-corrected chi connectivity index (χ3v) is 1.71. The topological polar surface area (TPSA) is 50.2 Å². The Morgan fingerprint density at radius 1 is 1.69 bits per heavy atom. The van der Waals surface area contributed by atoms with Crippen LogP contribution in [0.2, 0.25) is 5.02 Å². The molecule has 0 radical (unpaired) electrons. The van der Waals surface area contributed by atoms with Crippen molar-refractivity contribution >= 4 is 23.6 Å². The standard InChI is InChI=1S/C9H8ClNO2/c10-8-6-11-5-4-7(8)2-1-3-9(12)13/h1-2,4-6H,3H2,(H,12,13). The summed E-state index contributed by atoms with van der Waals surface area (Å²) in [5, 5.41) is 8.88. The predicted octanol–water partition coefficient (Wildman–Crippen LogP) is 2.22. The molecule has 0 spiro atoms. The van der Waals surface area contributed by atoms with Gasteiger partial charge < -0.3 is 5.11 Å². The first-order chi connectivity index (χ1) is 6.20. The van der Waals surface area contributed by atoms with E-state index in [9.17, 15) is 4.79 Å². The minimum Gasteiger partial charge on any atom is -0.481 e. The third kappa shape index (κ3) is 3.25. The number of rotatable bonds is 3. The lowest BCUT2D eigenvalue weighted by Gasteiger charge is -1.94. The van der Waals surface area contributed by atoms with Crippen molar-refractivity contribution in [3.63, 3.8) is 0 Å². The van der Waals surface area contributed by atoms with Crippen LogP contribution in [0, 0.1) is 0 Å². The SMILES string of the molecule is O=C(O)CC=Cc1ccncc1Cl. The van der Waals surface area contributed by atoms with E-state index < -0.39 is 5.97 Å². The molecule has 0 aliphatic heterocycles. The monoisotopic (exact) mass is 197 g/mol. The summed E-state index contributed by atoms with van der Waals surface area (Å²) < 4.78 is 0. The van der Waals surface area contributed by atoms with E-state index in [1.54, 1.807) is 24.4 Å². The van der Waals surface area contributed by atoms with Crippen LogP contribution in [0.15, 0.2) is 24.5 Å². The van der Waals surface area contributed by atoms with E-state index >= 15 is 0 Å². The summed E-state index contributed by atoms with van der Waals surface area (Å²) >= 11 is 5.78. The minimum absolute atomic E-state index is 0.00134. The smallest absolute Gasteiger partial charge is 0.307 e. The van der Waals surface area contributed by atoms with Crippen molar-refractivity contribution in [3.8, 4) is 0 Å². The van der Waals surface area contributed by atoms with Crippen LogP contribution in [0.25, 0.3) is 6.08 Å². The molecule has 1 N–H and O–H groups in total. The predicted molar refractivity (Wildman–Crippen MR) is 50.5 cm³/mol. The summed E-state index contributed by atoms with van der Waals surface area (Å²) in [6.07, 6.45) is 6.33. The average molecular weight is 198 g/mol. The number of pyridine rings is 1. The fraction of sp³-hybridized carbons (Fsp3) is 0.111. The zero-order valence-electron chi connectivity index (χ0n) is 6.77. The maximum atomic E-state index is 10.2. The Bertz CT molecular complexity index is 336. The first-order valence-electron chi connectivity index (χ1n) is 3.68. The molecule has 1 heterocycles. The molecule has 0 atom stereocenters. The molecule has 3 nitrogen and oxygen atoms in total. The molecule has 0 fully saturated rings. The summed E-state index contributed by atoms with van der Waals surface area (Å²) in [5.41, 5.74) is 0.776. The molecule has 4 heteroatoms. The first-order valence-corrected chi connectivity index (χ1v) is 4.06. The van der Waals surface area contributed by atoms with Gasteiger partial charge in [0.1, 0.15) is 0 Å². The van der Waals surface area contributed by atoms with Gasteiger partial charge >= 0.3 is 5.97 Å². The number of aromatic nitrogens is 1. The highest BCUT2D eigenvalue weighted by Crippen LogP contribution is 2.14. The summed E-state index contributed by atoms with van der Waals surface area (Å²) in [7, 11) is 0. The van der Waals surface area contributed by atoms with Crippen molar-refractivity contribution in [2.24, 2.45) is 0 Å². The second-order valence-corrected chi connectivity index (χ2v) is 2.80. The lowest BCUT2D eigenvalue weighted by Crippen LogP contribution is -1.89. The quantitative estimate of drug-likeness (QED) is 0.809. The lowest BCUT2D eigenvalue weighted by molar-refractivity contribution is -0.135. The van der Waals surface area contributed by atoms with E-state index in [2.05, 4.69) is 4.98 Å². The van der Waals surface area contributed by atoms with E-state index in [1.165, 1.54) is 6.20 Å². The van der Waals surface area contributed by atoms with E-state index in [-0.39, 0.29) is 6.42 Å². The maximum absolute atomic E-state index is 10.2. The largest absolute Gasteiger partial charge is 0.481 e. The van der Waals surface area contributed by atoms with Crippen LogP contribution < -0.4 is 0 Å². The fourth-order valence-electron chi connectivity index (χ4n) is 0.808. The molecule has 0 amide bonds. The molecule has 1 rings (SSSR count). The highest BCUT2D eigenvalue weighted by Gasteiger charge is 1.94. The van der Waals surface area contributed by atoms with Gasteiger partial charge in [-0.3, -0.25) is 9.78 Å². The maximum Gasteiger partial charge on any atom is 0.307 e. The fourth-order valence-corrected chi connectivity index (χ4v) is 0.990. The van der Waals surface area contributed by atoms with Gasteiger partial charge in [-0.1, -0.05) is 23.8 Å². The minimum atomic E-state index is -0.860. The summed E-state index contributed by atoms with van der Waals surface area (Å²) in [6, 6.07) is 1.72. The highest BCUT2D eigenvalue weighted by molar-refractivity contribution is 6.31. The van der Waals surface area contributed by atoms with Gasteiger partial charge in [0.15, 0.2) is 0 Å². The molecule has 1 aromatic rings. The molecule has 0 aromatic carbocycles. The van der Waals surface area contributed by atoms with Gasteiger partial charge in [0.05, 0.1) is 11.4 Å². The Labute approximate surface area is 80.7 Å². The van der Waals surface area contributed by atoms with Crippen molar-refractivity contribution in [2.45, 2.75) is 6.42 Å². The number of nitrogens with zero attached hydrogens (tertiary/aromatic N) is 1. The molecule has 0 unspecified atom stereocenters. The van der Waals surface area contributed by atoms with Crippen molar-refractivity contribution in [1.29, 1.82) is 0 Å². The van der Waals surface area contributed by atoms with Gasteiger partial charge in [-0.2, -0.15) is 0 Å². The molecule has 0 aliphatic rings. The van der Waals surface area contributed by atoms with Gasteiger partial charge in [-0.05, 0) is 11.6 Å². The average Bonchev–Trinajstić information content (AvgIpc) is 2.08. The van der Waals surface area contributed by atoms with Gasteiger partial charge in [0.2, 0.25) is 0 Å². The number of hydrogen-bond donors (Lipinski definition) is 1. The number of carboxylic acid groups (broad SMARTS) is 1. The molecular weight excluding hydrogens is 190 g/mol. The number of halogens is 1. The van der Waals surface area contributed by atoms with E-state index in [0.717, 1.165) is 5.56 Å². The van der Waals surface area contributed by atoms with Crippen LogP contribution in [0.4, 0.5) is 0 Å². The van der Waals surface area contributed by atoms with Gasteiger partial charge in [-0.15, -0.1) is 0 Å². The van der Waals surface area contributed by atoms with E-state index in [1.807, 2.05) is 0 Å². The summed E-state index contributed by atoms with van der Waals surface area (Å²) in [4.78, 5) is 14.0. The van der Waals surface area contributed by atoms with Crippen molar-refractivity contribution < 1.29 is 9.90 Å². The Morgan fingerprint density at radius 2 is 2.46 bits per heavy atom. The van der Waals surface area contributed by atoms with Crippen molar-refractivity contribution in [3.05, 3.63) is 35.1 Å². The van der Waals surface area contributed by atoms with Crippen LogP contribution in [0.5, 0.6) is 0 Å². The summed E-state index contributed by atoms with van der Waals surface area (Å²) in [5.74, 6) is -0.860. The Morgan fingerprint density at radius 3 is 3.08 bits per heavy atom. The third-order valence-electron chi connectivity index (χ3n) is 1.39. The molecule has 0 aliphatic carbocycles. The second kappa shape index (κ2) is 4.62. The molecule has 1 aromatic heterocycles. The molecule has 0 saturated carbocycles. The second-order valence-electron chi connectivity index (χ2n) is 2.40. The van der Waals surface area contributed by atoms with Gasteiger partial charge in [0.25, 0.3) is 0 Å². The zero-order valence-corrected chi connectivity index (χ0v) is 7.53. The summed E-state index contributed by atoms with van der Waals surface area (Å²) in [6.45, 7) is 0.